The van der Waals surface area contributed by atoms with Crippen molar-refractivity contribution < 1.29 is 24.5 Å². The van der Waals surface area contributed by atoms with Crippen LogP contribution in [0.15, 0.2) is 49.1 Å². The molecule has 0 aliphatic carbocycles. The highest BCUT2D eigenvalue weighted by atomic mass is 16.5. The first-order valence-electron chi connectivity index (χ1n) is 7.72. The number of carbonyl (C=O) groups excluding carboxylic acids is 1. The van der Waals surface area contributed by atoms with E-state index in [1.165, 1.54) is 19.5 Å². The molecule has 4 rings (SSSR count). The lowest BCUT2D eigenvalue weighted by atomic mass is 10.2. The van der Waals surface area contributed by atoms with E-state index in [9.17, 15) is 9.59 Å². The Morgan fingerprint density at radius 1 is 0.889 bits per heavy atom. The van der Waals surface area contributed by atoms with Crippen molar-refractivity contribution >= 4 is 34.0 Å². The van der Waals surface area contributed by atoms with Gasteiger partial charge in [-0.05, 0) is 24.3 Å². The predicted octanol–water partition coefficient (Wildman–Crippen LogP) is 2.22. The first kappa shape index (κ1) is 19.6. The quantitative estimate of drug-likeness (QED) is 0.396. The van der Waals surface area contributed by atoms with Gasteiger partial charge in [0.2, 0.25) is 0 Å². The molecule has 0 unspecified atom stereocenters. The number of ether oxygens (including phenoxy) is 1. The summed E-state index contributed by atoms with van der Waals surface area (Å²) in [7, 11) is 2.35. The number of carbonyl (C=O) groups is 2. The van der Waals surface area contributed by atoms with Crippen molar-refractivity contribution in [2.75, 3.05) is 14.2 Å². The van der Waals surface area contributed by atoms with Gasteiger partial charge in [0.25, 0.3) is 0 Å². The maximum Gasteiger partial charge on any atom is 0.340 e. The van der Waals surface area contributed by atoms with Crippen molar-refractivity contribution in [1.29, 1.82) is 0 Å². The van der Waals surface area contributed by atoms with Crippen LogP contribution < -0.4 is 0 Å². The number of imidazole rings is 2. The van der Waals surface area contributed by atoms with Gasteiger partial charge in [-0.25, -0.2) is 19.6 Å². The molecule has 0 fully saturated rings. The fourth-order valence-corrected chi connectivity index (χ4v) is 2.38. The summed E-state index contributed by atoms with van der Waals surface area (Å²) in [6.45, 7) is 0. The van der Waals surface area contributed by atoms with E-state index < -0.39 is 5.97 Å². The zero-order valence-electron chi connectivity index (χ0n) is 14.6. The number of aromatic amines is 2. The monoisotopic (exact) mass is 370 g/mol. The molecule has 9 nitrogen and oxygen atoms in total. The molecule has 4 N–H and O–H groups in total. The minimum Gasteiger partial charge on any atom is -0.478 e. The van der Waals surface area contributed by atoms with Crippen LogP contribution in [0.2, 0.25) is 0 Å². The van der Waals surface area contributed by atoms with Crippen molar-refractivity contribution in [1.82, 2.24) is 19.9 Å². The zero-order valence-corrected chi connectivity index (χ0v) is 14.6. The van der Waals surface area contributed by atoms with Crippen molar-refractivity contribution in [2.45, 2.75) is 0 Å². The number of aromatic carboxylic acids is 1. The molecule has 0 saturated heterocycles. The van der Waals surface area contributed by atoms with Gasteiger partial charge in [-0.15, -0.1) is 0 Å². The van der Waals surface area contributed by atoms with Crippen LogP contribution in [-0.4, -0.2) is 56.3 Å². The van der Waals surface area contributed by atoms with Crippen molar-refractivity contribution in [3.8, 4) is 0 Å². The van der Waals surface area contributed by atoms with E-state index in [1.54, 1.807) is 30.6 Å². The van der Waals surface area contributed by atoms with Crippen LogP contribution in [-0.2, 0) is 4.74 Å². The molecule has 4 aromatic rings. The third kappa shape index (κ3) is 4.28. The number of aliphatic hydroxyl groups excluding tert-OH is 1. The number of fused-ring (bicyclic) bond motifs is 2. The highest BCUT2D eigenvalue weighted by Crippen LogP contribution is 2.15. The molecule has 0 aliphatic rings. The number of hydrogen-bond donors (Lipinski definition) is 4. The lowest BCUT2D eigenvalue weighted by Gasteiger charge is -1.98. The second kappa shape index (κ2) is 9.11. The number of para-hydroxylation sites is 2. The van der Waals surface area contributed by atoms with E-state index in [2.05, 4.69) is 24.7 Å². The Balaban J connectivity index is 0.000000178. The number of aromatic nitrogens is 4. The number of aliphatic hydroxyl groups is 1. The third-order valence-electron chi connectivity index (χ3n) is 3.54. The van der Waals surface area contributed by atoms with Crippen LogP contribution in [0.3, 0.4) is 0 Å². The Morgan fingerprint density at radius 2 is 1.37 bits per heavy atom. The van der Waals surface area contributed by atoms with Crippen LogP contribution in [0.1, 0.15) is 20.7 Å². The van der Waals surface area contributed by atoms with Crippen LogP contribution in [0, 0.1) is 0 Å². The normalized spacial score (nSPS) is 9.74. The van der Waals surface area contributed by atoms with E-state index in [4.69, 9.17) is 10.2 Å². The Bertz CT molecular complexity index is 1050. The molecule has 2 aromatic carbocycles. The average Bonchev–Trinajstić information content (AvgIpc) is 3.37. The van der Waals surface area contributed by atoms with E-state index in [-0.39, 0.29) is 11.5 Å². The van der Waals surface area contributed by atoms with Gasteiger partial charge < -0.3 is 24.9 Å². The van der Waals surface area contributed by atoms with Crippen molar-refractivity contribution in [2.24, 2.45) is 0 Å². The fraction of sp³-hybridized carbons (Fsp3) is 0.111. The first-order valence-corrected chi connectivity index (χ1v) is 7.72. The molecule has 0 aliphatic heterocycles. The summed E-state index contributed by atoms with van der Waals surface area (Å²) in [6.07, 6.45) is 3.04. The molecular formula is C18H18N4O5. The number of rotatable bonds is 2. The van der Waals surface area contributed by atoms with Gasteiger partial charge in [-0.2, -0.15) is 0 Å². The lowest BCUT2D eigenvalue weighted by molar-refractivity contribution is 0.0602. The number of carboxylic acids is 1. The van der Waals surface area contributed by atoms with Gasteiger partial charge in [0.1, 0.15) is 11.0 Å². The molecule has 0 bridgehead atoms. The summed E-state index contributed by atoms with van der Waals surface area (Å²) >= 11 is 0. The third-order valence-corrected chi connectivity index (χ3v) is 3.54. The molecular weight excluding hydrogens is 352 g/mol. The summed E-state index contributed by atoms with van der Waals surface area (Å²) in [5.74, 6) is -1.31. The molecule has 0 spiro atoms. The highest BCUT2D eigenvalue weighted by molar-refractivity contribution is 6.02. The van der Waals surface area contributed by atoms with Gasteiger partial charge in [0.05, 0.1) is 41.9 Å². The Hall–Kier alpha value is -3.72. The van der Waals surface area contributed by atoms with Gasteiger partial charge in [0, 0.05) is 7.11 Å². The van der Waals surface area contributed by atoms with Gasteiger partial charge in [-0.3, -0.25) is 0 Å². The van der Waals surface area contributed by atoms with Gasteiger partial charge in [0.15, 0.2) is 0 Å². The van der Waals surface area contributed by atoms with Gasteiger partial charge in [-0.1, -0.05) is 12.1 Å². The summed E-state index contributed by atoms with van der Waals surface area (Å²) in [6, 6.07) is 10.3. The number of nitrogens with zero attached hydrogens (tertiary/aromatic N) is 2. The first-order chi connectivity index (χ1) is 13.1. The zero-order chi connectivity index (χ0) is 19.8. The molecule has 0 amide bonds. The number of benzene rings is 2. The molecule has 9 heteroatoms. The maximum absolute atomic E-state index is 11.2. The molecule has 0 saturated carbocycles. The van der Waals surface area contributed by atoms with E-state index in [1.807, 2.05) is 6.07 Å². The minimum absolute atomic E-state index is 0.230. The molecule has 27 heavy (non-hydrogen) atoms. The topological polar surface area (TPSA) is 141 Å². The van der Waals surface area contributed by atoms with Crippen LogP contribution in [0.5, 0.6) is 0 Å². The second-order valence-electron chi connectivity index (χ2n) is 5.01. The average molecular weight is 370 g/mol. The number of esters is 1. The molecule has 0 radical (unpaired) electrons. The largest absolute Gasteiger partial charge is 0.478 e. The van der Waals surface area contributed by atoms with E-state index in [0.717, 1.165) is 18.1 Å². The number of H-pyrrole nitrogens is 2. The highest BCUT2D eigenvalue weighted by Gasteiger charge is 2.11. The molecule has 2 aromatic heterocycles. The number of methoxy groups -OCH3 is 1. The standard InChI is InChI=1S/C9H8N2O2.C8H6N2O2.CH4O/c1-13-9(12)6-3-2-4-7-8(6)11-5-10-7;11-8(12)5-2-1-3-6-7(5)10-4-9-6;1-2/h2-5H,1H3,(H,10,11);1-4H,(H,9,10)(H,11,12);2H,1H3. The second-order valence-corrected chi connectivity index (χ2v) is 5.01. The van der Waals surface area contributed by atoms with Crippen LogP contribution in [0.4, 0.5) is 0 Å². The van der Waals surface area contributed by atoms with Gasteiger partial charge >= 0.3 is 11.9 Å². The molecule has 2 heterocycles. The van der Waals surface area contributed by atoms with Crippen molar-refractivity contribution in [3.05, 3.63) is 60.2 Å². The van der Waals surface area contributed by atoms with Crippen molar-refractivity contribution in [3.63, 3.8) is 0 Å². The maximum atomic E-state index is 11.2. The Kier molecular flexibility index (Phi) is 6.61. The number of hydrogen-bond acceptors (Lipinski definition) is 6. The minimum atomic E-state index is -0.951. The summed E-state index contributed by atoms with van der Waals surface area (Å²) in [5, 5.41) is 15.7. The Morgan fingerprint density at radius 3 is 1.85 bits per heavy atom. The van der Waals surface area contributed by atoms with Crippen LogP contribution in [0.25, 0.3) is 22.1 Å². The molecule has 140 valence electrons. The fourth-order valence-electron chi connectivity index (χ4n) is 2.38. The summed E-state index contributed by atoms with van der Waals surface area (Å²) in [5.41, 5.74) is 3.45. The van der Waals surface area contributed by atoms with E-state index in [0.29, 0.717) is 16.6 Å². The Labute approximate surface area is 153 Å². The number of nitrogens with one attached hydrogen (secondary N) is 2. The number of carboxylic acid groups (broad SMARTS) is 1. The summed E-state index contributed by atoms with van der Waals surface area (Å²) in [4.78, 5) is 35.6. The lowest BCUT2D eigenvalue weighted by Crippen LogP contribution is -2.01. The predicted molar refractivity (Wildman–Crippen MR) is 98.6 cm³/mol. The van der Waals surface area contributed by atoms with Crippen LogP contribution >= 0.6 is 0 Å². The van der Waals surface area contributed by atoms with E-state index >= 15 is 0 Å². The SMILES string of the molecule is CO.COC(=O)c1cccc2[nH]cnc12.O=C(O)c1cccc2[nH]cnc12. The summed E-state index contributed by atoms with van der Waals surface area (Å²) < 4.78 is 4.62. The smallest absolute Gasteiger partial charge is 0.340 e. The molecule has 0 atom stereocenters.